The lowest BCUT2D eigenvalue weighted by Gasteiger charge is -2.01. The van der Waals surface area contributed by atoms with E-state index in [9.17, 15) is 10.1 Å². The molecule has 0 amide bonds. The molecular formula is C16H14N2O3. The van der Waals surface area contributed by atoms with Gasteiger partial charge in [0.2, 0.25) is 0 Å². The van der Waals surface area contributed by atoms with Crippen molar-refractivity contribution in [1.82, 2.24) is 0 Å². The molecule has 0 bridgehead atoms. The second-order valence-corrected chi connectivity index (χ2v) is 4.21. The number of nitro benzene ring substituents is 1. The van der Waals surface area contributed by atoms with Crippen molar-refractivity contribution in [2.45, 2.75) is 0 Å². The average molecular weight is 282 g/mol. The summed E-state index contributed by atoms with van der Waals surface area (Å²) >= 11 is 0. The quantitative estimate of drug-likeness (QED) is 0.477. The predicted molar refractivity (Wildman–Crippen MR) is 82.1 cm³/mol. The summed E-state index contributed by atoms with van der Waals surface area (Å²) in [4.78, 5) is 15.0. The van der Waals surface area contributed by atoms with Crippen LogP contribution in [0, 0.1) is 10.1 Å². The average Bonchev–Trinajstić information content (AvgIpc) is 2.52. The van der Waals surface area contributed by atoms with Crippen molar-refractivity contribution in [3.8, 4) is 0 Å². The lowest BCUT2D eigenvalue weighted by Crippen LogP contribution is -1.98. The molecule has 0 aliphatic rings. The van der Waals surface area contributed by atoms with Gasteiger partial charge in [0, 0.05) is 17.7 Å². The van der Waals surface area contributed by atoms with Crippen LogP contribution < -0.4 is 0 Å². The number of benzene rings is 2. The molecule has 0 aliphatic carbocycles. The number of hydrogen-bond donors (Lipinski definition) is 0. The first kappa shape index (κ1) is 14.5. The Kier molecular flexibility index (Phi) is 4.82. The summed E-state index contributed by atoms with van der Waals surface area (Å²) in [5.41, 5.74) is 2.41. The van der Waals surface area contributed by atoms with Crippen LogP contribution >= 0.6 is 0 Å². The number of oxime groups is 1. The van der Waals surface area contributed by atoms with Crippen LogP contribution in [0.3, 0.4) is 0 Å². The second-order valence-electron chi connectivity index (χ2n) is 4.21. The highest BCUT2D eigenvalue weighted by molar-refractivity contribution is 6.10. The Morgan fingerprint density at radius 1 is 1.14 bits per heavy atom. The van der Waals surface area contributed by atoms with Crippen LogP contribution in [-0.4, -0.2) is 17.7 Å². The third-order valence-electron chi connectivity index (χ3n) is 2.80. The zero-order valence-corrected chi connectivity index (χ0v) is 11.5. The molecule has 0 atom stereocenters. The van der Waals surface area contributed by atoms with Gasteiger partial charge in [0.15, 0.2) is 0 Å². The Morgan fingerprint density at radius 3 is 2.38 bits per heavy atom. The first-order valence-electron chi connectivity index (χ1n) is 6.30. The Bertz CT molecular complexity index is 662. The Morgan fingerprint density at radius 2 is 1.81 bits per heavy atom. The Balaban J connectivity index is 2.25. The molecule has 0 saturated carbocycles. The van der Waals surface area contributed by atoms with Gasteiger partial charge in [0.05, 0.1) is 4.92 Å². The molecule has 2 aromatic rings. The minimum atomic E-state index is -0.434. The minimum Gasteiger partial charge on any atom is -0.399 e. The van der Waals surface area contributed by atoms with E-state index in [-0.39, 0.29) is 5.69 Å². The molecule has 5 heteroatoms. The molecule has 106 valence electrons. The molecule has 2 aromatic carbocycles. The summed E-state index contributed by atoms with van der Waals surface area (Å²) in [6.45, 7) is 0. The molecule has 2 rings (SSSR count). The van der Waals surface area contributed by atoms with Gasteiger partial charge in [0.25, 0.3) is 5.69 Å². The van der Waals surface area contributed by atoms with Crippen LogP contribution in [0.5, 0.6) is 0 Å². The summed E-state index contributed by atoms with van der Waals surface area (Å²) in [6.07, 6.45) is 3.71. The number of allylic oxidation sites excluding steroid dienone is 1. The van der Waals surface area contributed by atoms with Crippen molar-refractivity contribution in [2.24, 2.45) is 5.16 Å². The van der Waals surface area contributed by atoms with Gasteiger partial charge in [-0.1, -0.05) is 41.6 Å². The lowest BCUT2D eigenvalue weighted by atomic mass is 10.1. The molecule has 0 N–H and O–H groups in total. The number of nitro groups is 1. The van der Waals surface area contributed by atoms with Gasteiger partial charge in [-0.15, -0.1) is 0 Å². The molecule has 0 saturated heterocycles. The maximum Gasteiger partial charge on any atom is 0.269 e. The van der Waals surface area contributed by atoms with E-state index < -0.39 is 4.92 Å². The zero-order valence-electron chi connectivity index (χ0n) is 11.5. The van der Waals surface area contributed by atoms with Crippen LogP contribution in [0.2, 0.25) is 0 Å². The second kappa shape index (κ2) is 7.00. The first-order chi connectivity index (χ1) is 10.2. The van der Waals surface area contributed by atoms with E-state index in [4.69, 9.17) is 4.84 Å². The van der Waals surface area contributed by atoms with Crippen LogP contribution in [0.1, 0.15) is 11.1 Å². The molecule has 0 heterocycles. The minimum absolute atomic E-state index is 0.0440. The zero-order chi connectivity index (χ0) is 15.1. The van der Waals surface area contributed by atoms with E-state index in [1.807, 2.05) is 36.4 Å². The molecule has 0 unspecified atom stereocenters. The van der Waals surface area contributed by atoms with Gasteiger partial charge in [-0.05, 0) is 23.8 Å². The maximum atomic E-state index is 10.7. The van der Waals surface area contributed by atoms with Gasteiger partial charge in [-0.25, -0.2) is 0 Å². The van der Waals surface area contributed by atoms with Crippen LogP contribution in [0.15, 0.2) is 65.8 Å². The SMILES string of the molecule is CO/N=C(\C=C\c1ccccc1)c1ccc([N+](=O)[O-])cc1. The van der Waals surface area contributed by atoms with E-state index >= 15 is 0 Å². The number of rotatable bonds is 5. The topological polar surface area (TPSA) is 64.7 Å². The highest BCUT2D eigenvalue weighted by Gasteiger charge is 2.06. The van der Waals surface area contributed by atoms with Gasteiger partial charge in [-0.2, -0.15) is 0 Å². The smallest absolute Gasteiger partial charge is 0.269 e. The van der Waals surface area contributed by atoms with Crippen molar-refractivity contribution in [2.75, 3.05) is 7.11 Å². The highest BCUT2D eigenvalue weighted by atomic mass is 16.6. The fraction of sp³-hybridized carbons (Fsp3) is 0.0625. The monoisotopic (exact) mass is 282 g/mol. The van der Waals surface area contributed by atoms with Gasteiger partial charge in [-0.3, -0.25) is 10.1 Å². The fourth-order valence-electron chi connectivity index (χ4n) is 1.77. The lowest BCUT2D eigenvalue weighted by molar-refractivity contribution is -0.384. The number of non-ortho nitro benzene ring substituents is 1. The molecule has 0 spiro atoms. The fourth-order valence-corrected chi connectivity index (χ4v) is 1.77. The van der Waals surface area contributed by atoms with E-state index in [1.165, 1.54) is 19.2 Å². The summed E-state index contributed by atoms with van der Waals surface area (Å²) < 4.78 is 0. The van der Waals surface area contributed by atoms with E-state index in [1.54, 1.807) is 18.2 Å². The van der Waals surface area contributed by atoms with Gasteiger partial charge in [0.1, 0.15) is 12.8 Å². The number of nitrogens with zero attached hydrogens (tertiary/aromatic N) is 2. The van der Waals surface area contributed by atoms with Crippen molar-refractivity contribution >= 4 is 17.5 Å². The largest absolute Gasteiger partial charge is 0.399 e. The summed E-state index contributed by atoms with van der Waals surface area (Å²) in [5.74, 6) is 0. The third-order valence-corrected chi connectivity index (χ3v) is 2.80. The summed E-state index contributed by atoms with van der Waals surface area (Å²) in [6, 6.07) is 15.9. The van der Waals surface area contributed by atoms with Crippen molar-refractivity contribution in [1.29, 1.82) is 0 Å². The van der Waals surface area contributed by atoms with Gasteiger partial charge >= 0.3 is 0 Å². The first-order valence-corrected chi connectivity index (χ1v) is 6.30. The van der Waals surface area contributed by atoms with Crippen molar-refractivity contribution in [3.05, 3.63) is 81.9 Å². The summed E-state index contributed by atoms with van der Waals surface area (Å²) in [7, 11) is 1.46. The van der Waals surface area contributed by atoms with Crippen molar-refractivity contribution in [3.63, 3.8) is 0 Å². The van der Waals surface area contributed by atoms with Gasteiger partial charge < -0.3 is 4.84 Å². The highest BCUT2D eigenvalue weighted by Crippen LogP contribution is 2.14. The van der Waals surface area contributed by atoms with Crippen LogP contribution in [-0.2, 0) is 4.84 Å². The molecule has 0 fully saturated rings. The normalized spacial score (nSPS) is 11.6. The van der Waals surface area contributed by atoms with Crippen LogP contribution in [0.25, 0.3) is 6.08 Å². The molecule has 5 nitrogen and oxygen atoms in total. The van der Waals surface area contributed by atoms with Crippen LogP contribution in [0.4, 0.5) is 5.69 Å². The molecule has 21 heavy (non-hydrogen) atoms. The van der Waals surface area contributed by atoms with E-state index in [2.05, 4.69) is 5.16 Å². The van der Waals surface area contributed by atoms with E-state index in [0.717, 1.165) is 11.1 Å². The predicted octanol–water partition coefficient (Wildman–Crippen LogP) is 3.66. The maximum absolute atomic E-state index is 10.7. The Hall–Kier alpha value is -2.95. The number of hydrogen-bond acceptors (Lipinski definition) is 4. The third kappa shape index (κ3) is 4.01. The molecule has 0 aromatic heterocycles. The summed E-state index contributed by atoms with van der Waals surface area (Å²) in [5, 5.41) is 14.6. The van der Waals surface area contributed by atoms with Crippen molar-refractivity contribution < 1.29 is 9.76 Å². The van der Waals surface area contributed by atoms with E-state index in [0.29, 0.717) is 5.71 Å². The Labute approximate surface area is 122 Å². The molecule has 0 radical (unpaired) electrons. The molecule has 0 aliphatic heterocycles. The molecular weight excluding hydrogens is 268 g/mol. The standard InChI is InChI=1S/C16H14N2O3/c1-21-17-16(12-7-13-5-3-2-4-6-13)14-8-10-15(11-9-14)18(19)20/h2-12H,1H3/b12-7+,17-16+.